The molecule has 2 aliphatic rings. The summed E-state index contributed by atoms with van der Waals surface area (Å²) in [5.41, 5.74) is 3.16. The smallest absolute Gasteiger partial charge is 0.306 e. The molecule has 3 aromatic rings. The van der Waals surface area contributed by atoms with E-state index in [1.807, 2.05) is 38.2 Å². The van der Waals surface area contributed by atoms with Crippen LogP contribution in [0.3, 0.4) is 0 Å². The van der Waals surface area contributed by atoms with Gasteiger partial charge in [-0.25, -0.2) is 14.6 Å². The molecule has 0 spiro atoms. The van der Waals surface area contributed by atoms with Crippen molar-refractivity contribution in [1.29, 1.82) is 0 Å². The molecule has 9 nitrogen and oxygen atoms in total. The van der Waals surface area contributed by atoms with Crippen molar-refractivity contribution in [3.63, 3.8) is 0 Å². The molecule has 2 saturated carbocycles. The summed E-state index contributed by atoms with van der Waals surface area (Å²) in [6.07, 6.45) is 5.25. The Labute approximate surface area is 192 Å². The van der Waals surface area contributed by atoms with Gasteiger partial charge in [0.15, 0.2) is 11.5 Å². The number of hydrogen-bond acceptors (Lipinski definition) is 7. The molecule has 9 heteroatoms. The van der Waals surface area contributed by atoms with E-state index in [1.54, 1.807) is 4.68 Å². The van der Waals surface area contributed by atoms with Crippen LogP contribution in [0.1, 0.15) is 55.8 Å². The van der Waals surface area contributed by atoms with Crippen molar-refractivity contribution in [2.24, 2.45) is 13.0 Å². The van der Waals surface area contributed by atoms with E-state index < -0.39 is 5.97 Å². The summed E-state index contributed by atoms with van der Waals surface area (Å²) < 4.78 is 7.81. The minimum Gasteiger partial charge on any atom is -0.489 e. The molecule has 0 saturated heterocycles. The highest BCUT2D eigenvalue weighted by molar-refractivity contribution is 5.72. The minimum absolute atomic E-state index is 0.107. The number of ether oxygens (including phenoxy) is 1. The van der Waals surface area contributed by atoms with E-state index in [4.69, 9.17) is 14.7 Å². The summed E-state index contributed by atoms with van der Waals surface area (Å²) in [5, 5.41) is 21.2. The van der Waals surface area contributed by atoms with E-state index in [1.165, 1.54) is 12.8 Å². The van der Waals surface area contributed by atoms with Crippen LogP contribution in [0.15, 0.2) is 30.3 Å². The molecule has 172 valence electrons. The first-order valence-electron chi connectivity index (χ1n) is 11.5. The maximum absolute atomic E-state index is 11.3. The Morgan fingerprint density at radius 3 is 2.76 bits per heavy atom. The first-order valence-corrected chi connectivity index (χ1v) is 11.5. The van der Waals surface area contributed by atoms with Crippen LogP contribution in [0.5, 0.6) is 5.75 Å². The molecule has 2 fully saturated rings. The number of aryl methyl sites for hydroxylation is 2. The summed E-state index contributed by atoms with van der Waals surface area (Å²) in [4.78, 5) is 20.8. The molecule has 0 radical (unpaired) electrons. The van der Waals surface area contributed by atoms with Gasteiger partial charge in [-0.3, -0.25) is 4.79 Å². The fourth-order valence-corrected chi connectivity index (χ4v) is 4.38. The van der Waals surface area contributed by atoms with Gasteiger partial charge in [0.2, 0.25) is 0 Å². The number of carboxylic acids is 1. The lowest BCUT2D eigenvalue weighted by atomic mass is 9.87. The van der Waals surface area contributed by atoms with Crippen LogP contribution in [-0.4, -0.2) is 42.1 Å². The third-order valence-corrected chi connectivity index (χ3v) is 6.39. The van der Waals surface area contributed by atoms with Crippen molar-refractivity contribution >= 4 is 17.6 Å². The normalized spacial score (nSPS) is 20.4. The van der Waals surface area contributed by atoms with Gasteiger partial charge in [0.25, 0.3) is 0 Å². The number of aliphatic carboxylic acids is 1. The molecule has 0 unspecified atom stereocenters. The molecule has 0 amide bonds. The van der Waals surface area contributed by atoms with Gasteiger partial charge in [0.05, 0.1) is 23.4 Å². The zero-order valence-corrected chi connectivity index (χ0v) is 18.9. The lowest BCUT2D eigenvalue weighted by Crippen LogP contribution is -2.29. The lowest BCUT2D eigenvalue weighted by molar-refractivity contribution is -0.143. The number of carbonyl (C=O) groups is 1. The number of anilines is 2. The van der Waals surface area contributed by atoms with E-state index in [0.29, 0.717) is 41.7 Å². The molecule has 0 aliphatic heterocycles. The van der Waals surface area contributed by atoms with Gasteiger partial charge < -0.3 is 15.2 Å². The third kappa shape index (κ3) is 4.67. The van der Waals surface area contributed by atoms with Crippen molar-refractivity contribution in [2.75, 3.05) is 5.32 Å². The van der Waals surface area contributed by atoms with E-state index in [0.717, 1.165) is 30.0 Å². The van der Waals surface area contributed by atoms with Crippen LogP contribution >= 0.6 is 0 Å². The van der Waals surface area contributed by atoms with Crippen molar-refractivity contribution in [3.8, 4) is 17.1 Å². The Morgan fingerprint density at radius 1 is 1.15 bits per heavy atom. The third-order valence-electron chi connectivity index (χ3n) is 6.39. The van der Waals surface area contributed by atoms with Crippen LogP contribution in [0, 0.1) is 12.8 Å². The summed E-state index contributed by atoms with van der Waals surface area (Å²) in [7, 11) is 1.83. The predicted molar refractivity (Wildman–Crippen MR) is 122 cm³/mol. The standard InChI is InChI=1S/C24H28N6O3/c1-14-20(33-17-6-3-5-16(13-17)24(31)32)12-11-19(25-14)22-23(30(2)29-28-22)27-21-8-4-7-18(26-21)15-9-10-15/h4,7-8,11-12,15-17H,3,5-6,9-10,13H2,1-2H3,(H,26,27)(H,31,32)/t16-,17-/m0/s1. The molecule has 33 heavy (non-hydrogen) atoms. The molecule has 0 aromatic carbocycles. The number of rotatable bonds is 7. The van der Waals surface area contributed by atoms with Crippen molar-refractivity contribution in [3.05, 3.63) is 41.7 Å². The molecule has 2 aliphatic carbocycles. The van der Waals surface area contributed by atoms with E-state index in [-0.39, 0.29) is 12.0 Å². The molecule has 2 N–H and O–H groups in total. The lowest BCUT2D eigenvalue weighted by Gasteiger charge is -2.27. The van der Waals surface area contributed by atoms with Gasteiger partial charge in [-0.05, 0) is 69.7 Å². The van der Waals surface area contributed by atoms with Crippen molar-refractivity contribution in [2.45, 2.75) is 57.5 Å². The monoisotopic (exact) mass is 448 g/mol. The minimum atomic E-state index is -0.742. The van der Waals surface area contributed by atoms with Gasteiger partial charge in [-0.1, -0.05) is 11.3 Å². The summed E-state index contributed by atoms with van der Waals surface area (Å²) >= 11 is 0. The van der Waals surface area contributed by atoms with Crippen LogP contribution in [0.2, 0.25) is 0 Å². The Morgan fingerprint density at radius 2 is 2.00 bits per heavy atom. The molecule has 3 aromatic heterocycles. The van der Waals surface area contributed by atoms with Gasteiger partial charge in [0.1, 0.15) is 11.6 Å². The second kappa shape index (κ2) is 8.80. The number of pyridine rings is 2. The first-order chi connectivity index (χ1) is 16.0. The summed E-state index contributed by atoms with van der Waals surface area (Å²) in [5.74, 6) is 1.64. The quantitative estimate of drug-likeness (QED) is 0.552. The van der Waals surface area contributed by atoms with E-state index >= 15 is 0 Å². The average Bonchev–Trinajstić information content (AvgIpc) is 3.60. The Hall–Kier alpha value is -3.49. The van der Waals surface area contributed by atoms with Gasteiger partial charge in [-0.2, -0.15) is 0 Å². The highest BCUT2D eigenvalue weighted by Gasteiger charge is 2.29. The highest BCUT2D eigenvalue weighted by Crippen LogP contribution is 2.39. The van der Waals surface area contributed by atoms with Crippen LogP contribution in [0.4, 0.5) is 11.6 Å². The molecule has 2 atom stereocenters. The van der Waals surface area contributed by atoms with Crippen LogP contribution < -0.4 is 10.1 Å². The molecule has 0 bridgehead atoms. The average molecular weight is 449 g/mol. The van der Waals surface area contributed by atoms with Gasteiger partial charge in [0, 0.05) is 18.7 Å². The highest BCUT2D eigenvalue weighted by atomic mass is 16.5. The fraction of sp³-hybridized carbons (Fsp3) is 0.458. The number of aromatic nitrogens is 5. The Kier molecular flexibility index (Phi) is 5.70. The fourth-order valence-electron chi connectivity index (χ4n) is 4.38. The largest absolute Gasteiger partial charge is 0.489 e. The maximum Gasteiger partial charge on any atom is 0.306 e. The molecule has 5 rings (SSSR count). The second-order valence-electron chi connectivity index (χ2n) is 8.98. The van der Waals surface area contributed by atoms with Crippen LogP contribution in [-0.2, 0) is 11.8 Å². The van der Waals surface area contributed by atoms with Gasteiger partial charge in [-0.15, -0.1) is 5.10 Å². The number of nitrogens with one attached hydrogen (secondary N) is 1. The molecular formula is C24H28N6O3. The zero-order chi connectivity index (χ0) is 22.9. The Balaban J connectivity index is 1.34. The predicted octanol–water partition coefficient (Wildman–Crippen LogP) is 4.22. The first kappa shape index (κ1) is 21.4. The maximum atomic E-state index is 11.3. The number of hydrogen-bond donors (Lipinski definition) is 2. The Bertz CT molecular complexity index is 1170. The summed E-state index contributed by atoms with van der Waals surface area (Å²) in [6, 6.07) is 9.77. The second-order valence-corrected chi connectivity index (χ2v) is 8.98. The van der Waals surface area contributed by atoms with Crippen molar-refractivity contribution in [1.82, 2.24) is 25.0 Å². The number of carboxylic acid groups (broad SMARTS) is 1. The SMILES string of the molecule is Cc1nc(-c2nnn(C)c2Nc2cccc(C3CC3)n2)ccc1O[C@H]1CCC[C@H](C(=O)O)C1. The van der Waals surface area contributed by atoms with E-state index in [2.05, 4.69) is 21.7 Å². The van der Waals surface area contributed by atoms with E-state index in [9.17, 15) is 9.90 Å². The van der Waals surface area contributed by atoms with Crippen LogP contribution in [0.25, 0.3) is 11.4 Å². The zero-order valence-electron chi connectivity index (χ0n) is 18.9. The molecular weight excluding hydrogens is 420 g/mol. The molecule has 3 heterocycles. The summed E-state index contributed by atoms with van der Waals surface area (Å²) in [6.45, 7) is 1.89. The topological polar surface area (TPSA) is 115 Å². The van der Waals surface area contributed by atoms with Crippen molar-refractivity contribution < 1.29 is 14.6 Å². The van der Waals surface area contributed by atoms with Gasteiger partial charge >= 0.3 is 5.97 Å². The number of nitrogens with zero attached hydrogens (tertiary/aromatic N) is 5.